The Kier molecular flexibility index (Phi) is 6.05. The van der Waals surface area contributed by atoms with Crippen LogP contribution in [0.4, 0.5) is 0 Å². The van der Waals surface area contributed by atoms with Gasteiger partial charge in [-0.2, -0.15) is 0 Å². The average molecular weight is 257 g/mol. The molecule has 0 radical (unpaired) electrons. The first kappa shape index (κ1) is 15.4. The summed E-state index contributed by atoms with van der Waals surface area (Å²) in [5.41, 5.74) is 0. The van der Waals surface area contributed by atoms with E-state index in [0.717, 1.165) is 26.2 Å². The van der Waals surface area contributed by atoms with Crippen LogP contribution in [0.15, 0.2) is 0 Å². The summed E-state index contributed by atoms with van der Waals surface area (Å²) in [6, 6.07) is 0.359. The van der Waals surface area contributed by atoms with Gasteiger partial charge in [0.1, 0.15) is 6.04 Å². The largest absolute Gasteiger partial charge is 0.468 e. The number of rotatable bonds is 6. The molecular formula is C13H27N3O2. The molecule has 0 amide bonds. The molecular weight excluding hydrogens is 230 g/mol. The highest BCUT2D eigenvalue weighted by Crippen LogP contribution is 2.20. The van der Waals surface area contributed by atoms with Crippen molar-refractivity contribution in [1.82, 2.24) is 15.1 Å². The molecule has 1 saturated heterocycles. The van der Waals surface area contributed by atoms with Gasteiger partial charge in [0, 0.05) is 25.7 Å². The number of nitrogens with one attached hydrogen (secondary N) is 1. The summed E-state index contributed by atoms with van der Waals surface area (Å²) in [5.74, 6) is 0.470. The van der Waals surface area contributed by atoms with Gasteiger partial charge in [0.2, 0.25) is 0 Å². The third-order valence-electron chi connectivity index (χ3n) is 3.69. The van der Waals surface area contributed by atoms with Gasteiger partial charge in [0.15, 0.2) is 0 Å². The van der Waals surface area contributed by atoms with Crippen molar-refractivity contribution in [1.29, 1.82) is 0 Å². The third-order valence-corrected chi connectivity index (χ3v) is 3.69. The first-order valence-electron chi connectivity index (χ1n) is 6.69. The second kappa shape index (κ2) is 7.07. The average Bonchev–Trinajstić information content (AvgIpc) is 2.69. The molecule has 3 unspecified atom stereocenters. The van der Waals surface area contributed by atoms with Gasteiger partial charge in [-0.1, -0.05) is 13.8 Å². The fourth-order valence-electron chi connectivity index (χ4n) is 2.74. The number of esters is 1. The normalized spacial score (nSPS) is 26.6. The maximum atomic E-state index is 11.7. The lowest BCUT2D eigenvalue weighted by molar-refractivity contribution is -0.143. The highest BCUT2D eigenvalue weighted by atomic mass is 16.5. The van der Waals surface area contributed by atoms with Crippen LogP contribution >= 0.6 is 0 Å². The van der Waals surface area contributed by atoms with Crippen LogP contribution in [0.3, 0.4) is 0 Å². The zero-order valence-electron chi connectivity index (χ0n) is 12.3. The topological polar surface area (TPSA) is 44.8 Å². The molecule has 1 fully saturated rings. The van der Waals surface area contributed by atoms with Crippen molar-refractivity contribution in [2.75, 3.05) is 47.4 Å². The maximum Gasteiger partial charge on any atom is 0.324 e. The van der Waals surface area contributed by atoms with Gasteiger partial charge in [-0.05, 0) is 26.6 Å². The van der Waals surface area contributed by atoms with Gasteiger partial charge >= 0.3 is 5.97 Å². The summed E-state index contributed by atoms with van der Waals surface area (Å²) in [5, 5.41) is 3.19. The third kappa shape index (κ3) is 3.93. The summed E-state index contributed by atoms with van der Waals surface area (Å²) in [6.45, 7) is 7.85. The summed E-state index contributed by atoms with van der Waals surface area (Å²) in [7, 11) is 5.68. The summed E-state index contributed by atoms with van der Waals surface area (Å²) < 4.78 is 4.84. The second-order valence-electron chi connectivity index (χ2n) is 5.36. The van der Waals surface area contributed by atoms with E-state index in [-0.39, 0.29) is 12.0 Å². The zero-order chi connectivity index (χ0) is 13.7. The van der Waals surface area contributed by atoms with Gasteiger partial charge < -0.3 is 15.0 Å². The molecule has 1 heterocycles. The lowest BCUT2D eigenvalue weighted by Gasteiger charge is -2.24. The molecule has 3 atom stereocenters. The molecule has 0 bridgehead atoms. The monoisotopic (exact) mass is 257 g/mol. The molecule has 5 heteroatoms. The summed E-state index contributed by atoms with van der Waals surface area (Å²) in [6.07, 6.45) is 0. The number of carbonyl (C=O) groups is 1. The van der Waals surface area contributed by atoms with Crippen LogP contribution in [0.1, 0.15) is 13.8 Å². The Morgan fingerprint density at radius 3 is 2.61 bits per heavy atom. The van der Waals surface area contributed by atoms with Crippen molar-refractivity contribution in [3.8, 4) is 0 Å². The molecule has 0 aromatic carbocycles. The molecule has 106 valence electrons. The highest BCUT2D eigenvalue weighted by molar-refractivity contribution is 5.75. The molecule has 1 rings (SSSR count). The van der Waals surface area contributed by atoms with E-state index >= 15 is 0 Å². The Balaban J connectivity index is 2.53. The molecule has 0 aromatic rings. The summed E-state index contributed by atoms with van der Waals surface area (Å²) >= 11 is 0. The summed E-state index contributed by atoms with van der Waals surface area (Å²) in [4.78, 5) is 16.3. The van der Waals surface area contributed by atoms with Crippen LogP contribution in [-0.2, 0) is 9.53 Å². The van der Waals surface area contributed by atoms with Crippen LogP contribution in [0.5, 0.6) is 0 Å². The molecule has 0 saturated carbocycles. The SMILES string of the molecule is CCNC(CN1CC(C)C(N(C)C)C1)C(=O)OC. The van der Waals surface area contributed by atoms with Crippen LogP contribution in [0, 0.1) is 5.92 Å². The van der Waals surface area contributed by atoms with Crippen molar-refractivity contribution in [2.24, 2.45) is 5.92 Å². The molecule has 0 aliphatic carbocycles. The van der Waals surface area contributed by atoms with Gasteiger partial charge in [0.05, 0.1) is 7.11 Å². The first-order chi connectivity index (χ1) is 8.49. The number of methoxy groups -OCH3 is 1. The van der Waals surface area contributed by atoms with E-state index in [1.807, 2.05) is 6.92 Å². The van der Waals surface area contributed by atoms with E-state index in [4.69, 9.17) is 4.74 Å². The molecule has 0 spiro atoms. The zero-order valence-corrected chi connectivity index (χ0v) is 12.3. The molecule has 18 heavy (non-hydrogen) atoms. The number of ether oxygens (including phenoxy) is 1. The van der Waals surface area contributed by atoms with Crippen LogP contribution < -0.4 is 5.32 Å². The van der Waals surface area contributed by atoms with Crippen LogP contribution in [0.2, 0.25) is 0 Å². The van der Waals surface area contributed by atoms with Gasteiger partial charge in [-0.15, -0.1) is 0 Å². The highest BCUT2D eigenvalue weighted by Gasteiger charge is 2.33. The van der Waals surface area contributed by atoms with Crippen molar-refractivity contribution in [3.05, 3.63) is 0 Å². The smallest absolute Gasteiger partial charge is 0.324 e. The fraction of sp³-hybridized carbons (Fsp3) is 0.923. The number of likely N-dealkylation sites (N-methyl/N-ethyl adjacent to an activating group) is 2. The standard InChI is InChI=1S/C13H27N3O2/c1-6-14-11(13(17)18-5)8-16-7-10(2)12(9-16)15(3)4/h10-12,14H,6-9H2,1-5H3. The van der Waals surface area contributed by atoms with Gasteiger partial charge in [-0.25, -0.2) is 0 Å². The van der Waals surface area contributed by atoms with Crippen LogP contribution in [-0.4, -0.2) is 75.2 Å². The first-order valence-corrected chi connectivity index (χ1v) is 6.69. The van der Waals surface area contributed by atoms with E-state index in [2.05, 4.69) is 36.1 Å². The predicted molar refractivity (Wildman–Crippen MR) is 72.6 cm³/mol. The quantitative estimate of drug-likeness (QED) is 0.680. The van der Waals surface area contributed by atoms with Crippen molar-refractivity contribution < 1.29 is 9.53 Å². The fourth-order valence-corrected chi connectivity index (χ4v) is 2.74. The number of carbonyl (C=O) groups excluding carboxylic acids is 1. The molecule has 0 aromatic heterocycles. The number of hydrogen-bond donors (Lipinski definition) is 1. The lowest BCUT2D eigenvalue weighted by atomic mass is 10.1. The Bertz CT molecular complexity index is 271. The number of likely N-dealkylation sites (tertiary alicyclic amines) is 1. The van der Waals surface area contributed by atoms with Crippen molar-refractivity contribution in [2.45, 2.75) is 25.9 Å². The van der Waals surface area contributed by atoms with Crippen molar-refractivity contribution in [3.63, 3.8) is 0 Å². The lowest BCUT2D eigenvalue weighted by Crippen LogP contribution is -2.46. The van der Waals surface area contributed by atoms with E-state index < -0.39 is 0 Å². The van der Waals surface area contributed by atoms with E-state index in [9.17, 15) is 4.79 Å². The van der Waals surface area contributed by atoms with E-state index in [1.165, 1.54) is 7.11 Å². The maximum absolute atomic E-state index is 11.7. The number of hydrogen-bond acceptors (Lipinski definition) is 5. The Morgan fingerprint density at radius 2 is 2.17 bits per heavy atom. The Morgan fingerprint density at radius 1 is 1.50 bits per heavy atom. The second-order valence-corrected chi connectivity index (χ2v) is 5.36. The minimum Gasteiger partial charge on any atom is -0.468 e. The van der Waals surface area contributed by atoms with E-state index in [0.29, 0.717) is 12.0 Å². The molecule has 1 aliphatic heterocycles. The van der Waals surface area contributed by atoms with Gasteiger partial charge in [-0.3, -0.25) is 9.69 Å². The predicted octanol–water partition coefficient (Wildman–Crippen LogP) is 0.0194. The molecule has 1 aliphatic rings. The minimum atomic E-state index is -0.215. The molecule has 1 N–H and O–H groups in total. The van der Waals surface area contributed by atoms with Gasteiger partial charge in [0.25, 0.3) is 0 Å². The van der Waals surface area contributed by atoms with Crippen LogP contribution in [0.25, 0.3) is 0 Å². The van der Waals surface area contributed by atoms with E-state index in [1.54, 1.807) is 0 Å². The minimum absolute atomic E-state index is 0.169. The van der Waals surface area contributed by atoms with Crippen molar-refractivity contribution >= 4 is 5.97 Å². The molecule has 5 nitrogen and oxygen atoms in total. The Labute approximate surface area is 110 Å². The number of nitrogens with zero attached hydrogens (tertiary/aromatic N) is 2. The Hall–Kier alpha value is -0.650.